The van der Waals surface area contributed by atoms with Crippen molar-refractivity contribution in [2.75, 3.05) is 0 Å². The van der Waals surface area contributed by atoms with Crippen LogP contribution in [-0.2, 0) is 11.3 Å². The van der Waals surface area contributed by atoms with E-state index in [-0.39, 0.29) is 23.8 Å². The van der Waals surface area contributed by atoms with Crippen LogP contribution in [0.1, 0.15) is 16.2 Å². The van der Waals surface area contributed by atoms with Crippen LogP contribution in [0.25, 0.3) is 11.4 Å². The molecule has 3 rings (SSSR count). The van der Waals surface area contributed by atoms with Gasteiger partial charge in [0.15, 0.2) is 6.61 Å². The first-order valence-corrected chi connectivity index (χ1v) is 7.46. The summed E-state index contributed by atoms with van der Waals surface area (Å²) < 4.78 is 10.8. The molecule has 116 valence electrons. The van der Waals surface area contributed by atoms with Crippen molar-refractivity contribution in [3.63, 3.8) is 0 Å². The zero-order valence-corrected chi connectivity index (χ0v) is 13.4. The zero-order chi connectivity index (χ0) is 16.2. The molecule has 1 aromatic heterocycles. The third-order valence-corrected chi connectivity index (χ3v) is 3.50. The van der Waals surface area contributed by atoms with Gasteiger partial charge in [0.1, 0.15) is 11.3 Å². The summed E-state index contributed by atoms with van der Waals surface area (Å²) in [6.07, 6.45) is 0. The number of carbonyl (C=O) groups is 1. The number of aromatic hydroxyl groups is 1. The van der Waals surface area contributed by atoms with Crippen LogP contribution in [0, 0.1) is 0 Å². The Bertz CT molecular complexity index is 833. The molecule has 3 aromatic rings. The van der Waals surface area contributed by atoms with E-state index in [0.29, 0.717) is 10.3 Å². The van der Waals surface area contributed by atoms with Crippen LogP contribution >= 0.6 is 15.9 Å². The number of rotatable bonds is 4. The van der Waals surface area contributed by atoms with Crippen LogP contribution in [0.4, 0.5) is 0 Å². The quantitative estimate of drug-likeness (QED) is 0.702. The van der Waals surface area contributed by atoms with Gasteiger partial charge in [0.25, 0.3) is 5.89 Å². The molecule has 0 amide bonds. The molecular weight excluding hydrogens is 364 g/mol. The van der Waals surface area contributed by atoms with E-state index in [4.69, 9.17) is 9.26 Å². The van der Waals surface area contributed by atoms with Gasteiger partial charge in [0, 0.05) is 10.0 Å². The first-order valence-electron chi connectivity index (χ1n) is 6.67. The summed E-state index contributed by atoms with van der Waals surface area (Å²) in [4.78, 5) is 16.1. The number of nitrogens with zero attached hydrogens (tertiary/aromatic N) is 2. The molecule has 0 atom stereocenters. The summed E-state index contributed by atoms with van der Waals surface area (Å²) in [6.45, 7) is -0.176. The number of aromatic nitrogens is 2. The largest absolute Gasteiger partial charge is 0.507 e. The van der Waals surface area contributed by atoms with Gasteiger partial charge in [-0.05, 0) is 18.2 Å². The van der Waals surface area contributed by atoms with E-state index in [1.54, 1.807) is 6.07 Å². The van der Waals surface area contributed by atoms with Gasteiger partial charge >= 0.3 is 5.97 Å². The predicted octanol–water partition coefficient (Wildman–Crippen LogP) is 3.56. The average Bonchev–Trinajstić information content (AvgIpc) is 3.05. The van der Waals surface area contributed by atoms with E-state index < -0.39 is 5.97 Å². The maximum atomic E-state index is 12.0. The van der Waals surface area contributed by atoms with Gasteiger partial charge in [0.2, 0.25) is 5.82 Å². The molecule has 6 nitrogen and oxygen atoms in total. The summed E-state index contributed by atoms with van der Waals surface area (Å²) in [7, 11) is 0. The summed E-state index contributed by atoms with van der Waals surface area (Å²) >= 11 is 3.23. The van der Waals surface area contributed by atoms with E-state index in [2.05, 4.69) is 26.1 Å². The van der Waals surface area contributed by atoms with Gasteiger partial charge in [-0.2, -0.15) is 4.98 Å². The second kappa shape index (κ2) is 6.62. The molecule has 7 heteroatoms. The van der Waals surface area contributed by atoms with Crippen LogP contribution in [0.2, 0.25) is 0 Å². The molecule has 0 saturated heterocycles. The van der Waals surface area contributed by atoms with Crippen molar-refractivity contribution in [3.8, 4) is 17.1 Å². The molecular formula is C16H11BrN2O4. The molecule has 1 N–H and O–H groups in total. The summed E-state index contributed by atoms with van der Waals surface area (Å²) in [6, 6.07) is 13.8. The molecule has 0 bridgehead atoms. The topological polar surface area (TPSA) is 85.5 Å². The normalized spacial score (nSPS) is 10.5. The Morgan fingerprint density at radius 3 is 2.78 bits per heavy atom. The standard InChI is InChI=1S/C16H11BrN2O4/c17-11-6-7-13(20)12(8-11)16(21)22-9-14-18-15(19-23-14)10-4-2-1-3-5-10/h1-8,20H,9H2. The fraction of sp³-hybridized carbons (Fsp3) is 0.0625. The highest BCUT2D eigenvalue weighted by atomic mass is 79.9. The molecule has 0 unspecified atom stereocenters. The highest BCUT2D eigenvalue weighted by molar-refractivity contribution is 9.10. The lowest BCUT2D eigenvalue weighted by Crippen LogP contribution is -2.05. The van der Waals surface area contributed by atoms with Gasteiger partial charge in [0.05, 0.1) is 0 Å². The number of carbonyl (C=O) groups excluding carboxylic acids is 1. The highest BCUT2D eigenvalue weighted by Crippen LogP contribution is 2.23. The number of hydrogen-bond donors (Lipinski definition) is 1. The second-order valence-electron chi connectivity index (χ2n) is 4.62. The molecule has 0 spiro atoms. The smallest absolute Gasteiger partial charge is 0.342 e. The molecule has 0 saturated carbocycles. The predicted molar refractivity (Wildman–Crippen MR) is 84.7 cm³/mol. The minimum Gasteiger partial charge on any atom is -0.507 e. The highest BCUT2D eigenvalue weighted by Gasteiger charge is 2.15. The van der Waals surface area contributed by atoms with Crippen molar-refractivity contribution in [1.29, 1.82) is 0 Å². The molecule has 0 aliphatic heterocycles. The lowest BCUT2D eigenvalue weighted by Gasteiger charge is -2.04. The lowest BCUT2D eigenvalue weighted by molar-refractivity contribution is 0.0426. The van der Waals surface area contributed by atoms with Crippen molar-refractivity contribution in [1.82, 2.24) is 10.1 Å². The maximum Gasteiger partial charge on any atom is 0.342 e. The Balaban J connectivity index is 1.68. The van der Waals surface area contributed by atoms with E-state index in [1.807, 2.05) is 30.3 Å². The number of esters is 1. The number of phenols is 1. The number of ether oxygens (including phenoxy) is 1. The minimum atomic E-state index is -0.678. The minimum absolute atomic E-state index is 0.0576. The number of halogens is 1. The fourth-order valence-corrected chi connectivity index (χ4v) is 2.26. The van der Waals surface area contributed by atoms with Gasteiger partial charge < -0.3 is 14.4 Å². The van der Waals surface area contributed by atoms with Crippen LogP contribution in [0.15, 0.2) is 57.5 Å². The molecule has 0 aliphatic carbocycles. The van der Waals surface area contributed by atoms with Crippen molar-refractivity contribution in [3.05, 3.63) is 64.5 Å². The summed E-state index contributed by atoms with van der Waals surface area (Å²) in [5.74, 6) is -0.245. The number of hydrogen-bond acceptors (Lipinski definition) is 6. The number of phenolic OH excluding ortho intramolecular Hbond substituents is 1. The van der Waals surface area contributed by atoms with Crippen LogP contribution < -0.4 is 0 Å². The second-order valence-corrected chi connectivity index (χ2v) is 5.53. The third kappa shape index (κ3) is 3.57. The zero-order valence-electron chi connectivity index (χ0n) is 11.8. The van der Waals surface area contributed by atoms with E-state index >= 15 is 0 Å². The molecule has 2 aromatic carbocycles. The number of benzene rings is 2. The van der Waals surface area contributed by atoms with E-state index in [1.165, 1.54) is 12.1 Å². The van der Waals surface area contributed by atoms with E-state index in [0.717, 1.165) is 5.56 Å². The Morgan fingerprint density at radius 1 is 1.22 bits per heavy atom. The van der Waals surface area contributed by atoms with Crippen molar-refractivity contribution >= 4 is 21.9 Å². The van der Waals surface area contributed by atoms with Crippen LogP contribution in [-0.4, -0.2) is 21.2 Å². The molecule has 1 heterocycles. The van der Waals surface area contributed by atoms with Crippen molar-refractivity contribution in [2.45, 2.75) is 6.61 Å². The van der Waals surface area contributed by atoms with Gasteiger partial charge in [-0.3, -0.25) is 0 Å². The van der Waals surface area contributed by atoms with Crippen molar-refractivity contribution in [2.24, 2.45) is 0 Å². The molecule has 0 fully saturated rings. The van der Waals surface area contributed by atoms with Crippen LogP contribution in [0.3, 0.4) is 0 Å². The molecule has 0 radical (unpaired) electrons. The van der Waals surface area contributed by atoms with Crippen molar-refractivity contribution < 1.29 is 19.2 Å². The lowest BCUT2D eigenvalue weighted by atomic mass is 10.2. The SMILES string of the molecule is O=C(OCc1nc(-c2ccccc2)no1)c1cc(Br)ccc1O. The summed E-state index contributed by atoms with van der Waals surface area (Å²) in [5, 5.41) is 13.5. The van der Waals surface area contributed by atoms with Gasteiger partial charge in [-0.25, -0.2) is 4.79 Å². The monoisotopic (exact) mass is 374 g/mol. The Morgan fingerprint density at radius 2 is 2.00 bits per heavy atom. The van der Waals surface area contributed by atoms with E-state index in [9.17, 15) is 9.90 Å². The maximum absolute atomic E-state index is 12.0. The average molecular weight is 375 g/mol. The fourth-order valence-electron chi connectivity index (χ4n) is 1.89. The first kappa shape index (κ1) is 15.2. The Labute approximate surface area is 139 Å². The molecule has 0 aliphatic rings. The molecule has 23 heavy (non-hydrogen) atoms. The van der Waals surface area contributed by atoms with Gasteiger partial charge in [-0.15, -0.1) is 0 Å². The first-order chi connectivity index (χ1) is 11.1. The Kier molecular flexibility index (Phi) is 4.38. The Hall–Kier alpha value is -2.67. The van der Waals surface area contributed by atoms with Crippen LogP contribution in [0.5, 0.6) is 5.75 Å². The third-order valence-electron chi connectivity index (χ3n) is 3.01. The van der Waals surface area contributed by atoms with Gasteiger partial charge in [-0.1, -0.05) is 51.4 Å². The summed E-state index contributed by atoms with van der Waals surface area (Å²) in [5.41, 5.74) is 0.862.